The number of hydrogen-bond donors (Lipinski definition) is 1. The summed E-state index contributed by atoms with van der Waals surface area (Å²) >= 11 is 0. The van der Waals surface area contributed by atoms with Crippen molar-refractivity contribution in [1.82, 2.24) is 0 Å². The van der Waals surface area contributed by atoms with E-state index < -0.39 is 17.7 Å². The van der Waals surface area contributed by atoms with Crippen molar-refractivity contribution < 1.29 is 14.7 Å². The molecule has 1 aliphatic heterocycles. The van der Waals surface area contributed by atoms with Crippen LogP contribution in [-0.4, -0.2) is 16.8 Å². The van der Waals surface area contributed by atoms with Crippen LogP contribution in [0.4, 0.5) is 5.69 Å². The molecule has 0 saturated carbocycles. The molecule has 4 aromatic rings. The zero-order chi connectivity index (χ0) is 22.2. The summed E-state index contributed by atoms with van der Waals surface area (Å²) in [4.78, 5) is 27.9. The maximum atomic E-state index is 13.2. The van der Waals surface area contributed by atoms with Gasteiger partial charge in [0.1, 0.15) is 5.76 Å². The third kappa shape index (κ3) is 3.26. The second kappa shape index (κ2) is 7.82. The number of amides is 1. The molecule has 1 atom stereocenters. The van der Waals surface area contributed by atoms with Crippen molar-refractivity contribution >= 4 is 33.9 Å². The summed E-state index contributed by atoms with van der Waals surface area (Å²) in [5.41, 5.74) is 2.99. The van der Waals surface area contributed by atoms with Gasteiger partial charge in [-0.25, -0.2) is 0 Å². The minimum Gasteiger partial charge on any atom is -0.507 e. The highest BCUT2D eigenvalue weighted by Gasteiger charge is 2.46. The van der Waals surface area contributed by atoms with Gasteiger partial charge in [-0.1, -0.05) is 84.4 Å². The van der Waals surface area contributed by atoms with Gasteiger partial charge in [0, 0.05) is 11.3 Å². The summed E-state index contributed by atoms with van der Waals surface area (Å²) in [6.45, 7) is 1.96. The van der Waals surface area contributed by atoms with Gasteiger partial charge in [-0.15, -0.1) is 0 Å². The van der Waals surface area contributed by atoms with Crippen molar-refractivity contribution in [2.45, 2.75) is 13.0 Å². The molecule has 1 aliphatic rings. The third-order valence-electron chi connectivity index (χ3n) is 5.86. The van der Waals surface area contributed by atoms with Gasteiger partial charge in [0.15, 0.2) is 0 Å². The number of ketones is 1. The highest BCUT2D eigenvalue weighted by atomic mass is 16.3. The molecule has 1 fully saturated rings. The second-order valence-electron chi connectivity index (χ2n) is 7.98. The standard InChI is InChI=1S/C28H21NO3/c1-18-8-7-11-21(16-18)25-24(27(31)28(32)29(25)23-12-3-2-4-13-23)26(30)22-15-14-19-9-5-6-10-20(19)17-22/h2-17,25,30H,1H3/b26-24-. The van der Waals surface area contributed by atoms with Crippen LogP contribution in [0.3, 0.4) is 0 Å². The Morgan fingerprint density at radius 3 is 2.25 bits per heavy atom. The van der Waals surface area contributed by atoms with Gasteiger partial charge in [-0.3, -0.25) is 14.5 Å². The zero-order valence-electron chi connectivity index (χ0n) is 17.5. The van der Waals surface area contributed by atoms with Crippen molar-refractivity contribution in [3.8, 4) is 0 Å². The van der Waals surface area contributed by atoms with Crippen LogP contribution in [0.25, 0.3) is 16.5 Å². The van der Waals surface area contributed by atoms with Crippen LogP contribution in [-0.2, 0) is 9.59 Å². The molecule has 156 valence electrons. The Morgan fingerprint density at radius 1 is 0.781 bits per heavy atom. The van der Waals surface area contributed by atoms with E-state index in [0.717, 1.165) is 21.9 Å². The number of Topliss-reactive ketones (excluding diaryl/α,β-unsaturated/α-hetero) is 1. The summed E-state index contributed by atoms with van der Waals surface area (Å²) in [6.07, 6.45) is 0. The summed E-state index contributed by atoms with van der Waals surface area (Å²) in [6, 6.07) is 29.4. The summed E-state index contributed by atoms with van der Waals surface area (Å²) in [5.74, 6) is -1.50. The third-order valence-corrected chi connectivity index (χ3v) is 5.86. The van der Waals surface area contributed by atoms with Gasteiger partial charge in [0.05, 0.1) is 11.6 Å². The number of rotatable bonds is 3. The number of aliphatic hydroxyl groups excluding tert-OH is 1. The molecule has 32 heavy (non-hydrogen) atoms. The first-order valence-corrected chi connectivity index (χ1v) is 10.5. The molecule has 0 radical (unpaired) electrons. The molecule has 0 bridgehead atoms. The Labute approximate surface area is 186 Å². The molecule has 0 aliphatic carbocycles. The number of hydrogen-bond acceptors (Lipinski definition) is 3. The quantitative estimate of drug-likeness (QED) is 0.260. The van der Waals surface area contributed by atoms with E-state index in [1.165, 1.54) is 4.90 Å². The van der Waals surface area contributed by atoms with Gasteiger partial charge >= 0.3 is 0 Å². The largest absolute Gasteiger partial charge is 0.507 e. The predicted octanol–water partition coefficient (Wildman–Crippen LogP) is 5.77. The first-order valence-electron chi connectivity index (χ1n) is 10.5. The number of benzene rings is 4. The lowest BCUT2D eigenvalue weighted by atomic mass is 9.93. The van der Waals surface area contributed by atoms with Crippen LogP contribution >= 0.6 is 0 Å². The molecular formula is C28H21NO3. The number of anilines is 1. The van der Waals surface area contributed by atoms with E-state index in [-0.39, 0.29) is 11.3 Å². The molecule has 5 rings (SSSR count). The van der Waals surface area contributed by atoms with Crippen LogP contribution in [0.2, 0.25) is 0 Å². The molecule has 4 aromatic carbocycles. The van der Waals surface area contributed by atoms with E-state index in [1.54, 1.807) is 18.2 Å². The monoisotopic (exact) mass is 419 g/mol. The van der Waals surface area contributed by atoms with E-state index in [0.29, 0.717) is 11.3 Å². The number of nitrogens with zero attached hydrogens (tertiary/aromatic N) is 1. The fourth-order valence-electron chi connectivity index (χ4n) is 4.34. The summed E-state index contributed by atoms with van der Waals surface area (Å²) < 4.78 is 0. The zero-order valence-corrected chi connectivity index (χ0v) is 17.5. The maximum Gasteiger partial charge on any atom is 0.300 e. The Hall–Kier alpha value is -4.18. The molecule has 1 saturated heterocycles. The number of aryl methyl sites for hydroxylation is 1. The van der Waals surface area contributed by atoms with Crippen molar-refractivity contribution in [3.05, 3.63) is 119 Å². The lowest BCUT2D eigenvalue weighted by Crippen LogP contribution is -2.29. The summed E-state index contributed by atoms with van der Waals surface area (Å²) in [7, 11) is 0. The van der Waals surface area contributed by atoms with Gasteiger partial charge < -0.3 is 5.11 Å². The smallest absolute Gasteiger partial charge is 0.300 e. The average molecular weight is 419 g/mol. The molecule has 0 aromatic heterocycles. The Bertz CT molecular complexity index is 1390. The fourth-order valence-corrected chi connectivity index (χ4v) is 4.34. The van der Waals surface area contributed by atoms with E-state index in [2.05, 4.69) is 0 Å². The number of aliphatic hydroxyl groups is 1. The van der Waals surface area contributed by atoms with Crippen LogP contribution in [0.5, 0.6) is 0 Å². The second-order valence-corrected chi connectivity index (χ2v) is 7.98. The molecule has 4 heteroatoms. The normalized spacial score (nSPS) is 17.8. The van der Waals surface area contributed by atoms with Gasteiger partial charge in [-0.05, 0) is 41.5 Å². The molecule has 0 spiro atoms. The Morgan fingerprint density at radius 2 is 1.50 bits per heavy atom. The summed E-state index contributed by atoms with van der Waals surface area (Å²) in [5, 5.41) is 13.3. The lowest BCUT2D eigenvalue weighted by molar-refractivity contribution is -0.132. The van der Waals surface area contributed by atoms with Gasteiger partial charge in [0.2, 0.25) is 0 Å². The van der Waals surface area contributed by atoms with Crippen molar-refractivity contribution in [2.75, 3.05) is 4.90 Å². The molecular weight excluding hydrogens is 398 g/mol. The van der Waals surface area contributed by atoms with Crippen molar-refractivity contribution in [1.29, 1.82) is 0 Å². The first-order chi connectivity index (χ1) is 15.5. The molecule has 1 heterocycles. The van der Waals surface area contributed by atoms with Crippen LogP contribution in [0.15, 0.2) is 103 Å². The number of carbonyl (C=O) groups excluding carboxylic acids is 2. The predicted molar refractivity (Wildman–Crippen MR) is 126 cm³/mol. The highest BCUT2D eigenvalue weighted by Crippen LogP contribution is 2.42. The van der Waals surface area contributed by atoms with E-state index in [9.17, 15) is 14.7 Å². The number of para-hydroxylation sites is 1. The van der Waals surface area contributed by atoms with Crippen LogP contribution < -0.4 is 4.90 Å². The van der Waals surface area contributed by atoms with E-state index in [4.69, 9.17) is 0 Å². The SMILES string of the molecule is Cc1cccc(C2/C(=C(/O)c3ccc4ccccc4c3)C(=O)C(=O)N2c2ccccc2)c1. The molecule has 1 N–H and O–H groups in total. The minimum absolute atomic E-state index is 0.0970. The molecule has 1 amide bonds. The highest BCUT2D eigenvalue weighted by molar-refractivity contribution is 6.51. The van der Waals surface area contributed by atoms with Gasteiger partial charge in [0.25, 0.3) is 11.7 Å². The maximum absolute atomic E-state index is 13.2. The van der Waals surface area contributed by atoms with Crippen molar-refractivity contribution in [3.63, 3.8) is 0 Å². The van der Waals surface area contributed by atoms with Crippen molar-refractivity contribution in [2.24, 2.45) is 0 Å². The Kier molecular flexibility index (Phi) is 4.83. The Balaban J connectivity index is 1.74. The van der Waals surface area contributed by atoms with Crippen LogP contribution in [0.1, 0.15) is 22.7 Å². The average Bonchev–Trinajstić information content (AvgIpc) is 3.09. The molecule has 4 nitrogen and oxygen atoms in total. The van der Waals surface area contributed by atoms with E-state index in [1.807, 2.05) is 85.8 Å². The number of carbonyl (C=O) groups is 2. The first kappa shape index (κ1) is 19.8. The van der Waals surface area contributed by atoms with Gasteiger partial charge in [-0.2, -0.15) is 0 Å². The fraction of sp³-hybridized carbons (Fsp3) is 0.0714. The number of fused-ring (bicyclic) bond motifs is 1. The molecule has 1 unspecified atom stereocenters. The van der Waals surface area contributed by atoms with Crippen LogP contribution in [0, 0.1) is 6.92 Å². The lowest BCUT2D eigenvalue weighted by Gasteiger charge is -2.25. The van der Waals surface area contributed by atoms with E-state index >= 15 is 0 Å². The minimum atomic E-state index is -0.719. The topological polar surface area (TPSA) is 57.6 Å².